The van der Waals surface area contributed by atoms with Gasteiger partial charge in [-0.15, -0.1) is 0 Å². The van der Waals surface area contributed by atoms with Gasteiger partial charge in [-0.05, 0) is 34.5 Å². The van der Waals surface area contributed by atoms with Crippen molar-refractivity contribution in [2.75, 3.05) is 13.7 Å². The lowest BCUT2D eigenvalue weighted by Crippen LogP contribution is -2.09. The summed E-state index contributed by atoms with van der Waals surface area (Å²) < 4.78 is 5.81. The summed E-state index contributed by atoms with van der Waals surface area (Å²) in [6.07, 6.45) is 0. The third-order valence-corrected chi connectivity index (χ3v) is 2.83. The average Bonchev–Trinajstić information content (AvgIpc) is 2.18. The molecule has 0 saturated heterocycles. The van der Waals surface area contributed by atoms with E-state index in [0.717, 1.165) is 10.0 Å². The van der Waals surface area contributed by atoms with Crippen LogP contribution in [0.25, 0.3) is 0 Å². The molecule has 1 unspecified atom stereocenters. The Morgan fingerprint density at radius 1 is 1.57 bits per heavy atom. The lowest BCUT2D eigenvalue weighted by molar-refractivity contribution is 0.367. The molecule has 78 valence electrons. The summed E-state index contributed by atoms with van der Waals surface area (Å²) in [5, 5.41) is 9.86. The van der Waals surface area contributed by atoms with E-state index < -0.39 is 0 Å². The van der Waals surface area contributed by atoms with Gasteiger partial charge in [-0.1, -0.05) is 13.0 Å². The van der Waals surface area contributed by atoms with Gasteiger partial charge in [-0.25, -0.2) is 0 Å². The highest BCUT2D eigenvalue weighted by molar-refractivity contribution is 9.10. The Kier molecular flexibility index (Phi) is 3.77. The highest BCUT2D eigenvalue weighted by Gasteiger charge is 2.15. The lowest BCUT2D eigenvalue weighted by Gasteiger charge is -2.14. The van der Waals surface area contributed by atoms with E-state index in [-0.39, 0.29) is 11.7 Å². The maximum atomic E-state index is 9.86. The van der Waals surface area contributed by atoms with Crippen molar-refractivity contribution >= 4 is 15.9 Å². The van der Waals surface area contributed by atoms with Gasteiger partial charge in [0.05, 0.1) is 11.6 Å². The zero-order valence-electron chi connectivity index (χ0n) is 8.25. The number of ether oxygens (including phenoxy) is 1. The number of aromatic hydroxyl groups is 1. The molecule has 1 atom stereocenters. The second-order valence-corrected chi connectivity index (χ2v) is 4.01. The van der Waals surface area contributed by atoms with Gasteiger partial charge >= 0.3 is 0 Å². The minimum Gasteiger partial charge on any atom is -0.504 e. The molecule has 0 fully saturated rings. The van der Waals surface area contributed by atoms with Crippen LogP contribution in [0.3, 0.4) is 0 Å². The van der Waals surface area contributed by atoms with Crippen molar-refractivity contribution in [3.05, 3.63) is 22.2 Å². The summed E-state index contributed by atoms with van der Waals surface area (Å²) >= 11 is 3.30. The summed E-state index contributed by atoms with van der Waals surface area (Å²) in [6.45, 7) is 2.46. The number of phenols is 1. The van der Waals surface area contributed by atoms with Crippen LogP contribution in [0.1, 0.15) is 18.4 Å². The molecule has 3 N–H and O–H groups in total. The molecule has 0 saturated carbocycles. The van der Waals surface area contributed by atoms with Crippen LogP contribution in [-0.4, -0.2) is 18.8 Å². The number of phenolic OH excluding ortho intramolecular Hbond substituents is 1. The molecule has 0 aromatic heterocycles. The van der Waals surface area contributed by atoms with Crippen molar-refractivity contribution in [2.24, 2.45) is 5.73 Å². The SMILES string of the molecule is COc1c(Br)ccc(C(C)CN)c1O. The molecular weight excluding hydrogens is 246 g/mol. The topological polar surface area (TPSA) is 55.5 Å². The van der Waals surface area contributed by atoms with Crippen LogP contribution in [0.2, 0.25) is 0 Å². The smallest absolute Gasteiger partial charge is 0.174 e. The van der Waals surface area contributed by atoms with Crippen LogP contribution in [0.4, 0.5) is 0 Å². The van der Waals surface area contributed by atoms with Gasteiger partial charge in [0.15, 0.2) is 11.5 Å². The number of hydrogen-bond donors (Lipinski definition) is 2. The highest BCUT2D eigenvalue weighted by atomic mass is 79.9. The lowest BCUT2D eigenvalue weighted by atomic mass is 10.00. The molecule has 0 bridgehead atoms. The van der Waals surface area contributed by atoms with Gasteiger partial charge in [0.1, 0.15) is 0 Å². The number of nitrogens with two attached hydrogens (primary N) is 1. The van der Waals surface area contributed by atoms with E-state index in [9.17, 15) is 5.11 Å². The maximum absolute atomic E-state index is 9.86. The van der Waals surface area contributed by atoms with E-state index in [1.165, 1.54) is 7.11 Å². The maximum Gasteiger partial charge on any atom is 0.174 e. The van der Waals surface area contributed by atoms with Gasteiger partial charge in [0, 0.05) is 5.56 Å². The number of benzene rings is 1. The molecule has 14 heavy (non-hydrogen) atoms. The number of methoxy groups -OCH3 is 1. The van der Waals surface area contributed by atoms with Crippen LogP contribution in [0.15, 0.2) is 16.6 Å². The zero-order valence-corrected chi connectivity index (χ0v) is 9.84. The summed E-state index contributed by atoms with van der Waals surface area (Å²) in [5.41, 5.74) is 6.35. The van der Waals surface area contributed by atoms with Crippen molar-refractivity contribution < 1.29 is 9.84 Å². The summed E-state index contributed by atoms with van der Waals surface area (Å²) in [5.74, 6) is 0.750. The van der Waals surface area contributed by atoms with Crippen molar-refractivity contribution in [1.82, 2.24) is 0 Å². The molecule has 0 aliphatic rings. The average molecular weight is 260 g/mol. The minimum atomic E-state index is 0.122. The Labute approximate surface area is 92.0 Å². The fraction of sp³-hybridized carbons (Fsp3) is 0.400. The van der Waals surface area contributed by atoms with Gasteiger partial charge in [0.25, 0.3) is 0 Å². The van der Waals surface area contributed by atoms with Gasteiger partial charge in [-0.2, -0.15) is 0 Å². The van der Waals surface area contributed by atoms with Gasteiger partial charge < -0.3 is 15.6 Å². The van der Waals surface area contributed by atoms with E-state index in [2.05, 4.69) is 15.9 Å². The quantitative estimate of drug-likeness (QED) is 0.876. The van der Waals surface area contributed by atoms with E-state index in [1.54, 1.807) is 0 Å². The Hall–Kier alpha value is -0.740. The van der Waals surface area contributed by atoms with Crippen molar-refractivity contribution in [3.63, 3.8) is 0 Å². The molecule has 0 amide bonds. The van der Waals surface area contributed by atoms with Crippen LogP contribution < -0.4 is 10.5 Å². The molecule has 0 aliphatic carbocycles. The molecule has 0 aliphatic heterocycles. The molecule has 0 spiro atoms. The molecule has 1 rings (SSSR count). The third kappa shape index (κ3) is 2.01. The van der Waals surface area contributed by atoms with Crippen LogP contribution in [-0.2, 0) is 0 Å². The van der Waals surface area contributed by atoms with E-state index in [0.29, 0.717) is 12.3 Å². The first kappa shape index (κ1) is 11.3. The molecule has 4 heteroatoms. The van der Waals surface area contributed by atoms with Crippen molar-refractivity contribution in [2.45, 2.75) is 12.8 Å². The Morgan fingerprint density at radius 2 is 2.21 bits per heavy atom. The number of halogens is 1. The summed E-state index contributed by atoms with van der Waals surface area (Å²) in [6, 6.07) is 3.69. The van der Waals surface area contributed by atoms with Gasteiger partial charge in [-0.3, -0.25) is 0 Å². The highest BCUT2D eigenvalue weighted by Crippen LogP contribution is 2.39. The Bertz CT molecular complexity index is 328. The largest absolute Gasteiger partial charge is 0.504 e. The zero-order chi connectivity index (χ0) is 10.7. The predicted molar refractivity (Wildman–Crippen MR) is 59.8 cm³/mol. The van der Waals surface area contributed by atoms with Crippen LogP contribution >= 0.6 is 15.9 Å². The van der Waals surface area contributed by atoms with Gasteiger partial charge in [0.2, 0.25) is 0 Å². The Balaban J connectivity index is 3.21. The second kappa shape index (κ2) is 4.66. The second-order valence-electron chi connectivity index (χ2n) is 3.16. The standard InChI is InChI=1S/C10H14BrNO2/c1-6(5-12)7-3-4-8(11)10(14-2)9(7)13/h3-4,6,13H,5,12H2,1-2H3. The van der Waals surface area contributed by atoms with Crippen LogP contribution in [0, 0.1) is 0 Å². The molecule has 0 heterocycles. The third-order valence-electron chi connectivity index (χ3n) is 2.20. The number of rotatable bonds is 3. The molecule has 3 nitrogen and oxygen atoms in total. The molecule has 1 aromatic rings. The number of hydrogen-bond acceptors (Lipinski definition) is 3. The fourth-order valence-corrected chi connectivity index (χ4v) is 1.76. The molecule has 0 radical (unpaired) electrons. The first-order valence-corrected chi connectivity index (χ1v) is 5.16. The van der Waals surface area contributed by atoms with E-state index in [1.807, 2.05) is 19.1 Å². The Morgan fingerprint density at radius 3 is 2.71 bits per heavy atom. The first-order valence-electron chi connectivity index (χ1n) is 4.37. The van der Waals surface area contributed by atoms with Crippen molar-refractivity contribution in [1.29, 1.82) is 0 Å². The molecular formula is C10H14BrNO2. The predicted octanol–water partition coefficient (Wildman–Crippen LogP) is 2.23. The van der Waals surface area contributed by atoms with Crippen LogP contribution in [0.5, 0.6) is 11.5 Å². The van der Waals surface area contributed by atoms with Crippen molar-refractivity contribution in [3.8, 4) is 11.5 Å². The fourth-order valence-electron chi connectivity index (χ4n) is 1.28. The monoisotopic (exact) mass is 259 g/mol. The summed E-state index contributed by atoms with van der Waals surface area (Å²) in [4.78, 5) is 0. The normalized spacial score (nSPS) is 12.6. The molecule has 1 aromatic carbocycles. The summed E-state index contributed by atoms with van der Waals surface area (Å²) in [7, 11) is 1.52. The minimum absolute atomic E-state index is 0.122. The first-order chi connectivity index (χ1) is 6.61. The van der Waals surface area contributed by atoms with E-state index in [4.69, 9.17) is 10.5 Å². The van der Waals surface area contributed by atoms with E-state index >= 15 is 0 Å².